The Kier molecular flexibility index (Phi) is 6.38. The third-order valence-corrected chi connectivity index (χ3v) is 3.71. The van der Waals surface area contributed by atoms with E-state index in [0.29, 0.717) is 0 Å². The molecule has 0 aromatic heterocycles. The number of hydrogen-bond acceptors (Lipinski definition) is 8. The second kappa shape index (κ2) is 8.71. The maximum absolute atomic E-state index is 11.7. The van der Waals surface area contributed by atoms with Crippen molar-refractivity contribution in [3.8, 4) is 11.5 Å². The lowest BCUT2D eigenvalue weighted by atomic mass is 10.2. The van der Waals surface area contributed by atoms with Gasteiger partial charge in [-0.25, -0.2) is 5.43 Å². The minimum absolute atomic E-state index is 0.00371. The molecule has 11 nitrogen and oxygen atoms in total. The Morgan fingerprint density at radius 2 is 1.96 bits per heavy atom. The molecule has 0 heterocycles. The fraction of sp³-hybridized carbons (Fsp3) is 0.0667. The topological polar surface area (TPSA) is 157 Å². The van der Waals surface area contributed by atoms with Crippen LogP contribution in [0.1, 0.15) is 5.56 Å². The van der Waals surface area contributed by atoms with Gasteiger partial charge in [0.25, 0.3) is 11.6 Å². The summed E-state index contributed by atoms with van der Waals surface area (Å²) in [6.45, 7) is -0.549. The number of carbonyl (C=O) groups is 1. The quantitative estimate of drug-likeness (QED) is 0.381. The number of rotatable bonds is 7. The number of hydrazone groups is 1. The van der Waals surface area contributed by atoms with Crippen LogP contribution in [0.25, 0.3) is 0 Å². The molecule has 1 amide bonds. The number of amides is 1. The smallest absolute Gasteiger partial charge is 0.310 e. The molecule has 0 saturated heterocycles. The third kappa shape index (κ3) is 5.22. The van der Waals surface area contributed by atoms with Crippen molar-refractivity contribution in [3.05, 3.63) is 66.7 Å². The number of benzene rings is 2. The van der Waals surface area contributed by atoms with Crippen LogP contribution < -0.4 is 10.2 Å². The van der Waals surface area contributed by atoms with Crippen LogP contribution in [0.2, 0.25) is 0 Å². The van der Waals surface area contributed by atoms with E-state index in [1.165, 1.54) is 24.3 Å². The van der Waals surface area contributed by atoms with Crippen LogP contribution in [0.3, 0.4) is 0 Å². The van der Waals surface area contributed by atoms with Crippen LogP contribution in [-0.2, 0) is 4.79 Å². The molecule has 12 heteroatoms. The summed E-state index contributed by atoms with van der Waals surface area (Å²) in [6, 6.07) is 7.73. The summed E-state index contributed by atoms with van der Waals surface area (Å²) in [5, 5.41) is 35.1. The first-order valence-electron chi connectivity index (χ1n) is 7.14. The van der Waals surface area contributed by atoms with Gasteiger partial charge in [0, 0.05) is 23.8 Å². The molecular formula is C15H11BrN4O7. The van der Waals surface area contributed by atoms with Crippen LogP contribution in [0, 0.1) is 20.2 Å². The number of phenolic OH excluding ortho intramolecular Hbond substituents is 1. The van der Waals surface area contributed by atoms with Gasteiger partial charge in [0.2, 0.25) is 0 Å². The van der Waals surface area contributed by atoms with Gasteiger partial charge in [-0.1, -0.05) is 12.1 Å². The van der Waals surface area contributed by atoms with E-state index in [-0.39, 0.29) is 32.9 Å². The second-order valence-corrected chi connectivity index (χ2v) is 5.78. The monoisotopic (exact) mass is 438 g/mol. The molecule has 0 unspecified atom stereocenters. The normalized spacial score (nSPS) is 10.6. The van der Waals surface area contributed by atoms with Gasteiger partial charge in [-0.2, -0.15) is 5.10 Å². The number of phenols is 1. The molecule has 0 aliphatic rings. The Balaban J connectivity index is 2.00. The molecule has 0 atom stereocenters. The van der Waals surface area contributed by atoms with Crippen molar-refractivity contribution in [2.75, 3.05) is 6.61 Å². The van der Waals surface area contributed by atoms with Crippen LogP contribution in [0.5, 0.6) is 11.5 Å². The van der Waals surface area contributed by atoms with Crippen molar-refractivity contribution < 1.29 is 24.5 Å². The lowest BCUT2D eigenvalue weighted by molar-refractivity contribution is -0.385. The molecule has 0 aliphatic heterocycles. The van der Waals surface area contributed by atoms with Crippen molar-refractivity contribution in [2.45, 2.75) is 0 Å². The fourth-order valence-corrected chi connectivity index (χ4v) is 2.35. The summed E-state index contributed by atoms with van der Waals surface area (Å²) < 4.78 is 5.17. The molecular weight excluding hydrogens is 428 g/mol. The SMILES string of the molecule is O=C(COc1ccccc1[N+](=O)[O-])NN=Cc1cc([N+](=O)[O-])cc(Br)c1O. The molecule has 0 fully saturated rings. The number of para-hydroxylation sites is 2. The van der Waals surface area contributed by atoms with E-state index in [4.69, 9.17) is 4.74 Å². The van der Waals surface area contributed by atoms with Crippen molar-refractivity contribution in [2.24, 2.45) is 5.10 Å². The summed E-state index contributed by atoms with van der Waals surface area (Å²) >= 11 is 2.98. The summed E-state index contributed by atoms with van der Waals surface area (Å²) in [6.07, 6.45) is 1.01. The fourth-order valence-electron chi connectivity index (χ4n) is 1.89. The molecule has 2 aromatic carbocycles. The van der Waals surface area contributed by atoms with Crippen molar-refractivity contribution >= 4 is 39.4 Å². The first-order valence-corrected chi connectivity index (χ1v) is 7.94. The first-order chi connectivity index (χ1) is 12.8. The van der Waals surface area contributed by atoms with E-state index in [1.54, 1.807) is 0 Å². The van der Waals surface area contributed by atoms with Crippen molar-refractivity contribution in [1.82, 2.24) is 5.43 Å². The summed E-state index contributed by atoms with van der Waals surface area (Å²) in [5.74, 6) is -1.11. The third-order valence-electron chi connectivity index (χ3n) is 3.10. The zero-order chi connectivity index (χ0) is 20.0. The van der Waals surface area contributed by atoms with E-state index in [2.05, 4.69) is 26.5 Å². The number of nitrogens with zero attached hydrogens (tertiary/aromatic N) is 3. The molecule has 0 spiro atoms. The number of halogens is 1. The minimum Gasteiger partial charge on any atom is -0.506 e. The number of non-ortho nitro benzene ring substituents is 1. The van der Waals surface area contributed by atoms with E-state index < -0.39 is 22.4 Å². The highest BCUT2D eigenvalue weighted by Crippen LogP contribution is 2.31. The van der Waals surface area contributed by atoms with Crippen LogP contribution >= 0.6 is 15.9 Å². The zero-order valence-corrected chi connectivity index (χ0v) is 15.0. The van der Waals surface area contributed by atoms with Gasteiger partial charge in [-0.05, 0) is 22.0 Å². The standard InChI is InChI=1S/C15H11BrN4O7/c16-11-6-10(19(23)24)5-9(15(11)22)7-17-18-14(21)8-27-13-4-2-1-3-12(13)20(25)26/h1-7,22H,8H2,(H,18,21). The highest BCUT2D eigenvalue weighted by Gasteiger charge is 2.15. The molecule has 0 radical (unpaired) electrons. The van der Waals surface area contributed by atoms with Gasteiger partial charge < -0.3 is 9.84 Å². The summed E-state index contributed by atoms with van der Waals surface area (Å²) in [4.78, 5) is 32.1. The molecule has 0 saturated carbocycles. The van der Waals surface area contributed by atoms with E-state index in [9.17, 15) is 30.1 Å². The van der Waals surface area contributed by atoms with Gasteiger partial charge in [0.1, 0.15) is 5.75 Å². The Morgan fingerprint density at radius 1 is 1.26 bits per heavy atom. The van der Waals surface area contributed by atoms with E-state index in [0.717, 1.165) is 18.3 Å². The van der Waals surface area contributed by atoms with Gasteiger partial charge in [-0.3, -0.25) is 25.0 Å². The zero-order valence-electron chi connectivity index (χ0n) is 13.4. The van der Waals surface area contributed by atoms with Gasteiger partial charge >= 0.3 is 5.69 Å². The van der Waals surface area contributed by atoms with Crippen molar-refractivity contribution in [3.63, 3.8) is 0 Å². The van der Waals surface area contributed by atoms with Crippen LogP contribution in [-0.4, -0.2) is 33.7 Å². The Labute approximate surface area is 159 Å². The maximum Gasteiger partial charge on any atom is 0.310 e. The molecule has 27 heavy (non-hydrogen) atoms. The maximum atomic E-state index is 11.7. The Bertz CT molecular complexity index is 932. The molecule has 2 aromatic rings. The van der Waals surface area contributed by atoms with Gasteiger partial charge in [0.05, 0.1) is 20.5 Å². The summed E-state index contributed by atoms with van der Waals surface area (Å²) in [5.41, 5.74) is 1.50. The largest absolute Gasteiger partial charge is 0.506 e. The number of ether oxygens (including phenoxy) is 1. The lowest BCUT2D eigenvalue weighted by Gasteiger charge is -2.05. The average Bonchev–Trinajstić information content (AvgIpc) is 2.63. The number of nitro groups is 2. The number of carbonyl (C=O) groups excluding carboxylic acids is 1. The molecule has 0 aliphatic carbocycles. The predicted molar refractivity (Wildman–Crippen MR) is 96.8 cm³/mol. The first kappa shape index (κ1) is 19.8. The molecule has 0 bridgehead atoms. The predicted octanol–water partition coefficient (Wildman–Crippen LogP) is 2.50. The molecule has 2 rings (SSSR count). The van der Waals surface area contributed by atoms with Crippen LogP contribution in [0.4, 0.5) is 11.4 Å². The molecule has 140 valence electrons. The Hall–Kier alpha value is -3.54. The van der Waals surface area contributed by atoms with Gasteiger partial charge in [0.15, 0.2) is 12.4 Å². The van der Waals surface area contributed by atoms with E-state index >= 15 is 0 Å². The highest BCUT2D eigenvalue weighted by atomic mass is 79.9. The average molecular weight is 439 g/mol. The number of nitrogens with one attached hydrogen (secondary N) is 1. The number of aromatic hydroxyl groups is 1. The van der Waals surface area contributed by atoms with E-state index in [1.807, 2.05) is 0 Å². The summed E-state index contributed by atoms with van der Waals surface area (Å²) in [7, 11) is 0. The number of nitro benzene ring substituents is 2. The minimum atomic E-state index is -0.728. The highest BCUT2D eigenvalue weighted by molar-refractivity contribution is 9.10. The van der Waals surface area contributed by atoms with Crippen LogP contribution in [0.15, 0.2) is 46.0 Å². The lowest BCUT2D eigenvalue weighted by Crippen LogP contribution is -2.24. The van der Waals surface area contributed by atoms with Crippen molar-refractivity contribution in [1.29, 1.82) is 0 Å². The second-order valence-electron chi connectivity index (χ2n) is 4.93. The number of hydrogen-bond donors (Lipinski definition) is 2. The van der Waals surface area contributed by atoms with Gasteiger partial charge in [-0.15, -0.1) is 0 Å². The Morgan fingerprint density at radius 3 is 2.63 bits per heavy atom. The molecule has 2 N–H and O–H groups in total.